The molecule has 0 aliphatic heterocycles. The van der Waals surface area contributed by atoms with Crippen molar-refractivity contribution in [2.24, 2.45) is 5.92 Å². The predicted molar refractivity (Wildman–Crippen MR) is 73.8 cm³/mol. The number of benzene rings is 1. The van der Waals surface area contributed by atoms with Crippen molar-refractivity contribution in [3.8, 4) is 12.3 Å². The summed E-state index contributed by atoms with van der Waals surface area (Å²) < 4.78 is 13.6. The highest BCUT2D eigenvalue weighted by Gasteiger charge is 2.29. The molecular weight excluding hydrogens is 279 g/mol. The molecule has 1 saturated carbocycles. The molecule has 0 bridgehead atoms. The fourth-order valence-corrected chi connectivity index (χ4v) is 2.09. The average Bonchev–Trinajstić information content (AvgIpc) is 3.21. The van der Waals surface area contributed by atoms with Gasteiger partial charge in [-0.15, -0.1) is 6.42 Å². The van der Waals surface area contributed by atoms with E-state index in [1.54, 1.807) is 4.90 Å². The van der Waals surface area contributed by atoms with E-state index in [1.807, 2.05) is 0 Å². The highest BCUT2D eigenvalue weighted by Crippen LogP contribution is 2.36. The van der Waals surface area contributed by atoms with Gasteiger partial charge < -0.3 is 10.0 Å². The third-order valence-electron chi connectivity index (χ3n) is 3.29. The molecule has 1 aromatic rings. The van der Waals surface area contributed by atoms with E-state index in [9.17, 15) is 19.3 Å². The van der Waals surface area contributed by atoms with Crippen molar-refractivity contribution in [1.29, 1.82) is 0 Å². The Morgan fingerprint density at radius 2 is 2.24 bits per heavy atom. The van der Waals surface area contributed by atoms with Crippen molar-refractivity contribution in [1.82, 2.24) is 0 Å². The number of rotatable bonds is 6. The molecule has 1 aliphatic rings. The van der Waals surface area contributed by atoms with Crippen LogP contribution in [0.2, 0.25) is 0 Å². The van der Waals surface area contributed by atoms with Crippen LogP contribution in [0.1, 0.15) is 23.2 Å². The molecule has 0 radical (unpaired) electrons. The SMILES string of the molecule is C#CCN(CC1CC1)c1cc(C(=O)O)c(F)cc1[N+](=O)[O-]. The average molecular weight is 292 g/mol. The van der Waals surface area contributed by atoms with Crippen LogP contribution < -0.4 is 4.90 Å². The number of terminal acetylenes is 1. The molecule has 0 atom stereocenters. The summed E-state index contributed by atoms with van der Waals surface area (Å²) in [6.45, 7) is 0.595. The second-order valence-electron chi connectivity index (χ2n) is 4.91. The van der Waals surface area contributed by atoms with E-state index in [0.29, 0.717) is 18.5 Å². The maximum Gasteiger partial charge on any atom is 0.338 e. The molecule has 1 aliphatic carbocycles. The van der Waals surface area contributed by atoms with Gasteiger partial charge in [0.25, 0.3) is 5.69 Å². The number of anilines is 1. The van der Waals surface area contributed by atoms with Crippen molar-refractivity contribution < 1.29 is 19.2 Å². The third-order valence-corrected chi connectivity index (χ3v) is 3.29. The minimum absolute atomic E-state index is 0.0450. The second kappa shape index (κ2) is 5.79. The van der Waals surface area contributed by atoms with Crippen molar-refractivity contribution in [3.05, 3.63) is 33.6 Å². The summed E-state index contributed by atoms with van der Waals surface area (Å²) in [6, 6.07) is 1.62. The summed E-state index contributed by atoms with van der Waals surface area (Å²) in [5.74, 6) is 0.166. The fourth-order valence-electron chi connectivity index (χ4n) is 2.09. The van der Waals surface area contributed by atoms with E-state index in [-0.39, 0.29) is 12.2 Å². The Bertz CT molecular complexity index is 635. The minimum atomic E-state index is -1.48. The highest BCUT2D eigenvalue weighted by atomic mass is 19.1. The molecule has 1 aromatic carbocycles. The van der Waals surface area contributed by atoms with Gasteiger partial charge in [0.2, 0.25) is 0 Å². The largest absolute Gasteiger partial charge is 0.478 e. The molecule has 0 spiro atoms. The van der Waals surface area contributed by atoms with Crippen LogP contribution in [0.25, 0.3) is 0 Å². The lowest BCUT2D eigenvalue weighted by atomic mass is 10.1. The predicted octanol–water partition coefficient (Wildman–Crippen LogP) is 2.28. The van der Waals surface area contributed by atoms with Gasteiger partial charge in [0, 0.05) is 6.54 Å². The highest BCUT2D eigenvalue weighted by molar-refractivity contribution is 5.90. The summed E-state index contributed by atoms with van der Waals surface area (Å²) in [6.07, 6.45) is 7.27. The second-order valence-corrected chi connectivity index (χ2v) is 4.91. The first-order valence-electron chi connectivity index (χ1n) is 6.33. The zero-order valence-corrected chi connectivity index (χ0v) is 11.1. The number of carboxylic acids is 1. The van der Waals surface area contributed by atoms with Gasteiger partial charge in [-0.25, -0.2) is 9.18 Å². The first kappa shape index (κ1) is 14.8. The summed E-state index contributed by atoms with van der Waals surface area (Å²) in [5, 5.41) is 20.0. The number of hydrogen-bond acceptors (Lipinski definition) is 4. The summed E-state index contributed by atoms with van der Waals surface area (Å²) >= 11 is 0. The Balaban J connectivity index is 2.50. The summed E-state index contributed by atoms with van der Waals surface area (Å²) in [5.41, 5.74) is -1.04. The number of nitrogens with zero attached hydrogens (tertiary/aromatic N) is 2. The smallest absolute Gasteiger partial charge is 0.338 e. The lowest BCUT2D eigenvalue weighted by Crippen LogP contribution is -2.27. The monoisotopic (exact) mass is 292 g/mol. The van der Waals surface area contributed by atoms with Crippen LogP contribution in [-0.2, 0) is 0 Å². The van der Waals surface area contributed by atoms with E-state index in [1.165, 1.54) is 0 Å². The Hall–Kier alpha value is -2.62. The van der Waals surface area contributed by atoms with E-state index in [4.69, 9.17) is 11.5 Å². The Morgan fingerprint density at radius 1 is 1.57 bits per heavy atom. The van der Waals surface area contributed by atoms with Crippen molar-refractivity contribution in [2.75, 3.05) is 18.0 Å². The molecule has 7 heteroatoms. The molecule has 0 aromatic heterocycles. The molecule has 1 fully saturated rings. The first-order valence-corrected chi connectivity index (χ1v) is 6.33. The van der Waals surface area contributed by atoms with E-state index >= 15 is 0 Å². The summed E-state index contributed by atoms with van der Waals surface area (Å²) in [4.78, 5) is 22.9. The third kappa shape index (κ3) is 3.28. The van der Waals surface area contributed by atoms with Gasteiger partial charge in [-0.05, 0) is 24.8 Å². The van der Waals surface area contributed by atoms with Gasteiger partial charge >= 0.3 is 5.97 Å². The lowest BCUT2D eigenvalue weighted by Gasteiger charge is -2.22. The van der Waals surface area contributed by atoms with Crippen molar-refractivity contribution in [2.45, 2.75) is 12.8 Å². The molecular formula is C14H13FN2O4. The molecule has 21 heavy (non-hydrogen) atoms. The number of nitro groups is 1. The van der Waals surface area contributed by atoms with Crippen LogP contribution in [0.15, 0.2) is 12.1 Å². The standard InChI is InChI=1S/C14H13FN2O4/c1-2-5-16(8-9-3-4-9)12-6-10(14(18)19)11(15)7-13(12)17(20)21/h1,6-7,9H,3-5,8H2,(H,18,19). The van der Waals surface area contributed by atoms with Crippen LogP contribution in [0.4, 0.5) is 15.8 Å². The van der Waals surface area contributed by atoms with Crippen LogP contribution in [-0.4, -0.2) is 29.1 Å². The number of hydrogen-bond donors (Lipinski definition) is 1. The van der Waals surface area contributed by atoms with Gasteiger partial charge in [0.1, 0.15) is 11.5 Å². The van der Waals surface area contributed by atoms with Gasteiger partial charge in [-0.3, -0.25) is 10.1 Å². The van der Waals surface area contributed by atoms with Crippen molar-refractivity contribution >= 4 is 17.3 Å². The summed E-state index contributed by atoms with van der Waals surface area (Å²) in [7, 11) is 0. The van der Waals surface area contributed by atoms with Gasteiger partial charge in [-0.2, -0.15) is 0 Å². The van der Waals surface area contributed by atoms with Crippen LogP contribution in [0.5, 0.6) is 0 Å². The van der Waals surface area contributed by atoms with Gasteiger partial charge in [-0.1, -0.05) is 5.92 Å². The fraction of sp³-hybridized carbons (Fsp3) is 0.357. The number of carbonyl (C=O) groups is 1. The maximum atomic E-state index is 13.6. The Kier molecular flexibility index (Phi) is 4.08. The van der Waals surface area contributed by atoms with Gasteiger partial charge in [0.05, 0.1) is 23.1 Å². The van der Waals surface area contributed by atoms with E-state index < -0.39 is 28.0 Å². The molecule has 110 valence electrons. The molecule has 0 heterocycles. The number of nitro benzene ring substituents is 1. The maximum absolute atomic E-state index is 13.6. The molecule has 0 amide bonds. The molecule has 0 unspecified atom stereocenters. The minimum Gasteiger partial charge on any atom is -0.478 e. The number of carboxylic acid groups (broad SMARTS) is 1. The van der Waals surface area contributed by atoms with Crippen LogP contribution in [0.3, 0.4) is 0 Å². The zero-order valence-electron chi connectivity index (χ0n) is 11.1. The topological polar surface area (TPSA) is 83.7 Å². The van der Waals surface area contributed by atoms with Crippen molar-refractivity contribution in [3.63, 3.8) is 0 Å². The normalized spacial score (nSPS) is 13.5. The quantitative estimate of drug-likeness (QED) is 0.494. The van der Waals surface area contributed by atoms with E-state index in [2.05, 4.69) is 5.92 Å². The first-order chi connectivity index (χ1) is 9.93. The molecule has 2 rings (SSSR count). The van der Waals surface area contributed by atoms with Crippen LogP contribution >= 0.6 is 0 Å². The molecule has 6 nitrogen and oxygen atoms in total. The Morgan fingerprint density at radius 3 is 2.71 bits per heavy atom. The molecule has 0 saturated heterocycles. The number of aromatic carboxylic acids is 1. The van der Waals surface area contributed by atoms with Crippen LogP contribution in [0, 0.1) is 34.2 Å². The zero-order chi connectivity index (χ0) is 15.6. The Labute approximate surface area is 120 Å². The lowest BCUT2D eigenvalue weighted by molar-refractivity contribution is -0.384. The van der Waals surface area contributed by atoms with E-state index in [0.717, 1.165) is 18.9 Å². The number of halogens is 1. The molecule has 1 N–H and O–H groups in total. The van der Waals surface area contributed by atoms with Gasteiger partial charge in [0.15, 0.2) is 0 Å².